The maximum atomic E-state index is 11.7. The number of nitrogens with zero attached hydrogens (tertiary/aromatic N) is 3. The van der Waals surface area contributed by atoms with E-state index in [0.717, 1.165) is 47.6 Å². The van der Waals surface area contributed by atoms with Crippen LogP contribution in [-0.4, -0.2) is 49.3 Å². The van der Waals surface area contributed by atoms with E-state index in [-0.39, 0.29) is 5.24 Å². The Balaban J connectivity index is 1.63. The second-order valence-corrected chi connectivity index (χ2v) is 11.8. The molecule has 10 heteroatoms. The molecule has 2 aromatic carbocycles. The number of sulfonamides is 1. The molecule has 33 heavy (non-hydrogen) atoms. The molecule has 4 rings (SSSR count). The van der Waals surface area contributed by atoms with Crippen LogP contribution in [0.15, 0.2) is 52.6 Å². The summed E-state index contributed by atoms with van der Waals surface area (Å²) in [4.78, 5) is 18.7. The van der Waals surface area contributed by atoms with Gasteiger partial charge in [0.15, 0.2) is 0 Å². The average molecular weight is 486 g/mol. The molecule has 0 atom stereocenters. The lowest BCUT2D eigenvalue weighted by molar-refractivity contribution is 0.260. The Morgan fingerprint density at radius 2 is 1.97 bits per heavy atom. The Morgan fingerprint density at radius 1 is 1.24 bits per heavy atom. The van der Waals surface area contributed by atoms with E-state index in [1.165, 1.54) is 17.3 Å². The number of benzene rings is 2. The molecule has 0 saturated heterocycles. The van der Waals surface area contributed by atoms with Crippen LogP contribution < -0.4 is 15.0 Å². The van der Waals surface area contributed by atoms with Crippen LogP contribution in [0.4, 0.5) is 16.2 Å². The molecule has 2 aromatic rings. The SMILES string of the molecule is CC/N=C(/c1ccc(NS(C)(=O)=O)cc1)N1CCc2cc(C3=NNC(=O)SC3(C)C)ccc21. The van der Waals surface area contributed by atoms with E-state index >= 15 is 0 Å². The molecule has 2 N–H and O–H groups in total. The van der Waals surface area contributed by atoms with Crippen molar-refractivity contribution < 1.29 is 13.2 Å². The van der Waals surface area contributed by atoms with Crippen LogP contribution in [-0.2, 0) is 16.4 Å². The number of carbonyl (C=O) groups is 1. The lowest BCUT2D eigenvalue weighted by Crippen LogP contribution is -2.38. The van der Waals surface area contributed by atoms with Gasteiger partial charge in [-0.15, -0.1) is 0 Å². The van der Waals surface area contributed by atoms with Crippen LogP contribution in [0.1, 0.15) is 37.5 Å². The van der Waals surface area contributed by atoms with Gasteiger partial charge in [0.1, 0.15) is 5.84 Å². The third-order valence-electron chi connectivity index (χ3n) is 5.44. The van der Waals surface area contributed by atoms with Crippen LogP contribution in [0.25, 0.3) is 0 Å². The second kappa shape index (κ2) is 8.83. The summed E-state index contributed by atoms with van der Waals surface area (Å²) in [6, 6.07) is 13.5. The van der Waals surface area contributed by atoms with Crippen molar-refractivity contribution in [2.24, 2.45) is 10.1 Å². The standard InChI is InChI=1S/C23H27N5O3S2/c1-5-24-21(15-6-9-18(10-7-15)27-33(4,30)31)28-13-12-16-14-17(8-11-19(16)28)20-23(2,3)32-22(29)26-25-20/h6-11,14,27H,5,12-13H2,1-4H3,(H,26,29)/b24-21-. The summed E-state index contributed by atoms with van der Waals surface area (Å²) in [7, 11) is -3.33. The van der Waals surface area contributed by atoms with E-state index in [0.29, 0.717) is 12.2 Å². The predicted molar refractivity (Wildman–Crippen MR) is 136 cm³/mol. The van der Waals surface area contributed by atoms with E-state index in [9.17, 15) is 13.2 Å². The number of hydrazone groups is 1. The number of amides is 1. The monoisotopic (exact) mass is 485 g/mol. The van der Waals surface area contributed by atoms with Gasteiger partial charge in [-0.25, -0.2) is 13.8 Å². The van der Waals surface area contributed by atoms with Crippen molar-refractivity contribution in [3.8, 4) is 0 Å². The number of hydrogen-bond donors (Lipinski definition) is 2. The smallest absolute Gasteiger partial charge is 0.300 e. The van der Waals surface area contributed by atoms with Gasteiger partial charge in [-0.05, 0) is 74.7 Å². The Kier molecular flexibility index (Phi) is 6.24. The summed E-state index contributed by atoms with van der Waals surface area (Å²) in [5, 5.41) is 4.19. The number of thioether (sulfide) groups is 1. The van der Waals surface area contributed by atoms with Gasteiger partial charge in [-0.3, -0.25) is 14.5 Å². The molecule has 174 valence electrons. The van der Waals surface area contributed by atoms with Gasteiger partial charge >= 0.3 is 0 Å². The fourth-order valence-corrected chi connectivity index (χ4v) is 5.48. The molecule has 2 heterocycles. The van der Waals surface area contributed by atoms with Gasteiger partial charge in [-0.1, -0.05) is 17.8 Å². The minimum Gasteiger partial charge on any atom is -0.326 e. The zero-order valence-corrected chi connectivity index (χ0v) is 20.7. The molecule has 0 saturated carbocycles. The molecule has 0 bridgehead atoms. The molecule has 0 fully saturated rings. The highest BCUT2D eigenvalue weighted by atomic mass is 32.2. The van der Waals surface area contributed by atoms with Crippen molar-refractivity contribution in [3.63, 3.8) is 0 Å². The Morgan fingerprint density at radius 3 is 2.61 bits per heavy atom. The van der Waals surface area contributed by atoms with Gasteiger partial charge in [0.25, 0.3) is 5.24 Å². The van der Waals surface area contributed by atoms with E-state index in [4.69, 9.17) is 4.99 Å². The topological polar surface area (TPSA) is 103 Å². The minimum absolute atomic E-state index is 0.144. The van der Waals surface area contributed by atoms with E-state index in [2.05, 4.69) is 32.3 Å². The highest BCUT2D eigenvalue weighted by Gasteiger charge is 2.35. The lowest BCUT2D eigenvalue weighted by atomic mass is 9.96. The summed E-state index contributed by atoms with van der Waals surface area (Å²) in [5.41, 5.74) is 8.16. The zero-order chi connectivity index (χ0) is 23.8. The van der Waals surface area contributed by atoms with Crippen molar-refractivity contribution in [1.29, 1.82) is 0 Å². The molecular weight excluding hydrogens is 458 g/mol. The number of aliphatic imine (C=N–C) groups is 1. The molecule has 8 nitrogen and oxygen atoms in total. The number of anilines is 2. The zero-order valence-electron chi connectivity index (χ0n) is 19.0. The highest BCUT2D eigenvalue weighted by molar-refractivity contribution is 8.15. The van der Waals surface area contributed by atoms with E-state index < -0.39 is 14.8 Å². The first kappa shape index (κ1) is 23.3. The van der Waals surface area contributed by atoms with Crippen molar-refractivity contribution >= 4 is 49.9 Å². The fraction of sp³-hybridized carbons (Fsp3) is 0.348. The summed E-state index contributed by atoms with van der Waals surface area (Å²) >= 11 is 1.24. The van der Waals surface area contributed by atoms with Crippen LogP contribution in [0, 0.1) is 0 Å². The van der Waals surface area contributed by atoms with Gasteiger partial charge < -0.3 is 4.90 Å². The van der Waals surface area contributed by atoms with Crippen LogP contribution in [0.3, 0.4) is 0 Å². The van der Waals surface area contributed by atoms with Crippen LogP contribution >= 0.6 is 11.8 Å². The average Bonchev–Trinajstić information content (AvgIpc) is 3.14. The molecule has 0 unspecified atom stereocenters. The van der Waals surface area contributed by atoms with Crippen molar-refractivity contribution in [3.05, 3.63) is 59.2 Å². The first-order valence-corrected chi connectivity index (χ1v) is 13.4. The molecular formula is C23H27N5O3S2. The quantitative estimate of drug-likeness (QED) is 0.495. The number of hydrogen-bond acceptors (Lipinski definition) is 6. The maximum Gasteiger partial charge on any atom is 0.300 e. The summed E-state index contributed by atoms with van der Waals surface area (Å²) in [6.07, 6.45) is 2.00. The maximum absolute atomic E-state index is 11.7. The van der Waals surface area contributed by atoms with Crippen molar-refractivity contribution in [2.45, 2.75) is 31.9 Å². The van der Waals surface area contributed by atoms with Gasteiger partial charge in [0, 0.05) is 30.0 Å². The lowest BCUT2D eigenvalue weighted by Gasteiger charge is -2.29. The molecule has 0 aromatic heterocycles. The summed E-state index contributed by atoms with van der Waals surface area (Å²) in [6.45, 7) is 7.42. The van der Waals surface area contributed by atoms with Gasteiger partial charge in [0.2, 0.25) is 10.0 Å². The molecule has 1 amide bonds. The first-order valence-electron chi connectivity index (χ1n) is 10.7. The number of amidine groups is 1. The minimum atomic E-state index is -3.33. The Hall–Kier alpha value is -2.85. The Labute approximate surface area is 198 Å². The number of fused-ring (bicyclic) bond motifs is 1. The number of rotatable bonds is 5. The number of nitrogens with one attached hydrogen (secondary N) is 2. The van der Waals surface area contributed by atoms with Gasteiger partial charge in [0.05, 0.1) is 16.7 Å². The third-order valence-corrected chi connectivity index (χ3v) is 7.02. The van der Waals surface area contributed by atoms with Crippen LogP contribution in [0.5, 0.6) is 0 Å². The number of carbonyl (C=O) groups excluding carboxylic acids is 1. The fourth-order valence-electron chi connectivity index (χ4n) is 4.10. The molecule has 0 spiro atoms. The molecule has 0 radical (unpaired) electrons. The highest BCUT2D eigenvalue weighted by Crippen LogP contribution is 2.36. The molecule has 2 aliphatic rings. The largest absolute Gasteiger partial charge is 0.326 e. The molecule has 2 aliphatic heterocycles. The summed E-state index contributed by atoms with van der Waals surface area (Å²) in [5.74, 6) is 0.855. The van der Waals surface area contributed by atoms with Gasteiger partial charge in [-0.2, -0.15) is 5.10 Å². The summed E-state index contributed by atoms with van der Waals surface area (Å²) < 4.78 is 25.1. The second-order valence-electron chi connectivity index (χ2n) is 8.47. The van der Waals surface area contributed by atoms with E-state index in [1.54, 1.807) is 12.1 Å². The molecule has 0 aliphatic carbocycles. The Bertz CT molecular complexity index is 1250. The predicted octanol–water partition coefficient (Wildman–Crippen LogP) is 3.83. The normalized spacial score (nSPS) is 17.9. The van der Waals surface area contributed by atoms with Crippen molar-refractivity contribution in [1.82, 2.24) is 5.43 Å². The third kappa shape index (κ3) is 5.06. The van der Waals surface area contributed by atoms with Crippen molar-refractivity contribution in [2.75, 3.05) is 29.0 Å². The van der Waals surface area contributed by atoms with E-state index in [1.807, 2.05) is 39.0 Å². The van der Waals surface area contributed by atoms with Crippen LogP contribution in [0.2, 0.25) is 0 Å². The first-order chi connectivity index (χ1) is 15.6.